The first-order chi connectivity index (χ1) is 9.92. The van der Waals surface area contributed by atoms with Crippen LogP contribution in [0.1, 0.15) is 24.2 Å². The Bertz CT molecular complexity index is 765. The van der Waals surface area contributed by atoms with Crippen LogP contribution in [0.5, 0.6) is 0 Å². The van der Waals surface area contributed by atoms with Crippen LogP contribution in [0, 0.1) is 17.1 Å². The van der Waals surface area contributed by atoms with Gasteiger partial charge in [-0.3, -0.25) is 0 Å². The number of benzene rings is 1. The van der Waals surface area contributed by atoms with Gasteiger partial charge in [-0.25, -0.2) is 22.5 Å². The van der Waals surface area contributed by atoms with Crippen molar-refractivity contribution in [3.63, 3.8) is 0 Å². The Morgan fingerprint density at radius 1 is 1.24 bits per heavy atom. The minimum atomic E-state index is -3.76. The first-order valence-electron chi connectivity index (χ1n) is 6.06. The number of rotatable bonds is 4. The third kappa shape index (κ3) is 3.62. The first kappa shape index (κ1) is 15.1. The summed E-state index contributed by atoms with van der Waals surface area (Å²) >= 11 is 0. The fourth-order valence-corrected chi connectivity index (χ4v) is 2.90. The second-order valence-electron chi connectivity index (χ2n) is 4.39. The SMILES string of the molecule is CC(NS(=O)(=O)c1ccc(C#N)nc1)c1ccc(F)cc1. The summed E-state index contributed by atoms with van der Waals surface area (Å²) in [5.74, 6) is -0.384. The van der Waals surface area contributed by atoms with Crippen LogP contribution >= 0.6 is 0 Å². The summed E-state index contributed by atoms with van der Waals surface area (Å²) in [6.07, 6.45) is 1.12. The Kier molecular flexibility index (Phi) is 4.31. The molecule has 0 spiro atoms. The molecule has 1 aromatic heterocycles. The lowest BCUT2D eigenvalue weighted by Crippen LogP contribution is -2.27. The Morgan fingerprint density at radius 2 is 1.90 bits per heavy atom. The van der Waals surface area contributed by atoms with E-state index in [0.717, 1.165) is 6.20 Å². The van der Waals surface area contributed by atoms with E-state index in [2.05, 4.69) is 9.71 Å². The molecule has 1 atom stereocenters. The van der Waals surface area contributed by atoms with Crippen LogP contribution in [0.4, 0.5) is 4.39 Å². The lowest BCUT2D eigenvalue weighted by Gasteiger charge is -2.14. The van der Waals surface area contributed by atoms with Crippen molar-refractivity contribution in [2.75, 3.05) is 0 Å². The Hall–Kier alpha value is -2.30. The summed E-state index contributed by atoms with van der Waals surface area (Å²) in [6.45, 7) is 1.65. The molecule has 1 aromatic carbocycles. The molecule has 0 aliphatic carbocycles. The van der Waals surface area contributed by atoms with Crippen molar-refractivity contribution in [1.82, 2.24) is 9.71 Å². The molecule has 0 amide bonds. The number of hydrogen-bond acceptors (Lipinski definition) is 4. The molecular formula is C14H12FN3O2S. The average molecular weight is 305 g/mol. The monoisotopic (exact) mass is 305 g/mol. The van der Waals surface area contributed by atoms with E-state index in [-0.39, 0.29) is 16.4 Å². The van der Waals surface area contributed by atoms with Gasteiger partial charge in [0.05, 0.1) is 0 Å². The quantitative estimate of drug-likeness (QED) is 0.938. The van der Waals surface area contributed by atoms with E-state index in [1.165, 1.54) is 36.4 Å². The Labute approximate surface area is 122 Å². The van der Waals surface area contributed by atoms with Gasteiger partial charge in [0, 0.05) is 12.2 Å². The highest BCUT2D eigenvalue weighted by Gasteiger charge is 2.18. The van der Waals surface area contributed by atoms with E-state index in [9.17, 15) is 12.8 Å². The van der Waals surface area contributed by atoms with Crippen LogP contribution in [0.3, 0.4) is 0 Å². The van der Waals surface area contributed by atoms with E-state index in [4.69, 9.17) is 5.26 Å². The summed E-state index contributed by atoms with van der Waals surface area (Å²) in [4.78, 5) is 3.69. The lowest BCUT2D eigenvalue weighted by molar-refractivity contribution is 0.566. The standard InChI is InChI=1S/C14H12FN3O2S/c1-10(11-2-4-12(15)5-3-11)18-21(19,20)14-7-6-13(8-16)17-9-14/h2-7,9-10,18H,1H3. The van der Waals surface area contributed by atoms with Gasteiger partial charge in [-0.05, 0) is 36.8 Å². The van der Waals surface area contributed by atoms with E-state index in [1.54, 1.807) is 6.92 Å². The molecule has 0 bridgehead atoms. The van der Waals surface area contributed by atoms with Crippen LogP contribution in [0.25, 0.3) is 0 Å². The number of sulfonamides is 1. The summed E-state index contributed by atoms with van der Waals surface area (Å²) in [6, 6.07) is 9.50. The highest BCUT2D eigenvalue weighted by Crippen LogP contribution is 2.17. The van der Waals surface area contributed by atoms with Crippen LogP contribution in [-0.2, 0) is 10.0 Å². The number of nitrogens with one attached hydrogen (secondary N) is 1. The zero-order valence-electron chi connectivity index (χ0n) is 11.1. The maximum absolute atomic E-state index is 12.9. The normalized spacial score (nSPS) is 12.6. The summed E-state index contributed by atoms with van der Waals surface area (Å²) < 4.78 is 39.7. The molecule has 5 nitrogen and oxygen atoms in total. The van der Waals surface area contributed by atoms with Gasteiger partial charge in [0.2, 0.25) is 10.0 Å². The number of nitrogens with zero attached hydrogens (tertiary/aromatic N) is 2. The molecule has 1 heterocycles. The molecule has 2 aromatic rings. The van der Waals surface area contributed by atoms with Gasteiger partial charge in [0.25, 0.3) is 0 Å². The molecule has 7 heteroatoms. The van der Waals surface area contributed by atoms with E-state index in [0.29, 0.717) is 5.56 Å². The van der Waals surface area contributed by atoms with Crippen LogP contribution in [-0.4, -0.2) is 13.4 Å². The van der Waals surface area contributed by atoms with Gasteiger partial charge in [-0.15, -0.1) is 0 Å². The molecule has 0 radical (unpaired) electrons. The van der Waals surface area contributed by atoms with Gasteiger partial charge in [0.15, 0.2) is 0 Å². The largest absolute Gasteiger partial charge is 0.244 e. The zero-order valence-corrected chi connectivity index (χ0v) is 11.9. The van der Waals surface area contributed by atoms with Crippen molar-refractivity contribution in [2.45, 2.75) is 17.9 Å². The highest BCUT2D eigenvalue weighted by atomic mass is 32.2. The van der Waals surface area contributed by atoms with E-state index in [1.807, 2.05) is 6.07 Å². The fraction of sp³-hybridized carbons (Fsp3) is 0.143. The number of pyridine rings is 1. The van der Waals surface area contributed by atoms with Gasteiger partial charge >= 0.3 is 0 Å². The third-order valence-corrected chi connectivity index (χ3v) is 4.39. The number of hydrogen-bond donors (Lipinski definition) is 1. The minimum Gasteiger partial charge on any atom is -0.244 e. The Morgan fingerprint density at radius 3 is 2.43 bits per heavy atom. The number of halogens is 1. The molecule has 21 heavy (non-hydrogen) atoms. The number of nitriles is 1. The van der Waals surface area contributed by atoms with Crippen molar-refractivity contribution < 1.29 is 12.8 Å². The van der Waals surface area contributed by atoms with Crippen molar-refractivity contribution >= 4 is 10.0 Å². The fourth-order valence-electron chi connectivity index (χ4n) is 1.73. The van der Waals surface area contributed by atoms with Crippen molar-refractivity contribution in [1.29, 1.82) is 5.26 Å². The van der Waals surface area contributed by atoms with E-state index < -0.39 is 16.1 Å². The maximum Gasteiger partial charge on any atom is 0.242 e. The highest BCUT2D eigenvalue weighted by molar-refractivity contribution is 7.89. The van der Waals surface area contributed by atoms with Gasteiger partial charge in [0.1, 0.15) is 22.5 Å². The predicted molar refractivity (Wildman–Crippen MR) is 74.1 cm³/mol. The summed E-state index contributed by atoms with van der Waals surface area (Å²) in [7, 11) is -3.76. The smallest absolute Gasteiger partial charge is 0.242 e. The van der Waals surface area contributed by atoms with Gasteiger partial charge in [-0.2, -0.15) is 5.26 Å². The second kappa shape index (κ2) is 5.99. The summed E-state index contributed by atoms with van der Waals surface area (Å²) in [5, 5.41) is 8.64. The van der Waals surface area contributed by atoms with Crippen molar-refractivity contribution in [3.8, 4) is 6.07 Å². The van der Waals surface area contributed by atoms with Crippen LogP contribution in [0.2, 0.25) is 0 Å². The third-order valence-electron chi connectivity index (χ3n) is 2.86. The zero-order chi connectivity index (χ0) is 15.5. The van der Waals surface area contributed by atoms with Gasteiger partial charge < -0.3 is 0 Å². The van der Waals surface area contributed by atoms with Crippen LogP contribution in [0.15, 0.2) is 47.5 Å². The van der Waals surface area contributed by atoms with Crippen molar-refractivity contribution in [2.24, 2.45) is 0 Å². The molecule has 0 fully saturated rings. The van der Waals surface area contributed by atoms with Gasteiger partial charge in [-0.1, -0.05) is 12.1 Å². The Balaban J connectivity index is 2.20. The second-order valence-corrected chi connectivity index (χ2v) is 6.10. The molecule has 1 unspecified atom stereocenters. The lowest BCUT2D eigenvalue weighted by atomic mass is 10.1. The number of aromatic nitrogens is 1. The molecule has 0 aliphatic rings. The molecule has 0 saturated heterocycles. The molecular weight excluding hydrogens is 293 g/mol. The van der Waals surface area contributed by atoms with Crippen LogP contribution < -0.4 is 4.72 Å². The molecule has 0 aliphatic heterocycles. The van der Waals surface area contributed by atoms with E-state index >= 15 is 0 Å². The minimum absolute atomic E-state index is 0.0320. The maximum atomic E-state index is 12.9. The topological polar surface area (TPSA) is 82.9 Å². The first-order valence-corrected chi connectivity index (χ1v) is 7.54. The summed E-state index contributed by atoms with van der Waals surface area (Å²) in [5.41, 5.74) is 0.780. The molecule has 2 rings (SSSR count). The molecule has 108 valence electrons. The van der Waals surface area contributed by atoms with Crippen molar-refractivity contribution in [3.05, 3.63) is 59.7 Å². The predicted octanol–water partition coefficient (Wildman–Crippen LogP) is 2.13. The molecule has 0 saturated carbocycles. The average Bonchev–Trinajstić information content (AvgIpc) is 2.47. The molecule has 1 N–H and O–H groups in total.